The van der Waals surface area contributed by atoms with Crippen LogP contribution in [0.1, 0.15) is 5.56 Å². The molecule has 0 bridgehead atoms. The summed E-state index contributed by atoms with van der Waals surface area (Å²) in [6.07, 6.45) is 0. The van der Waals surface area contributed by atoms with Crippen molar-refractivity contribution in [1.29, 1.82) is 0 Å². The Bertz CT molecular complexity index is 433. The summed E-state index contributed by atoms with van der Waals surface area (Å²) in [7, 11) is 0. The largest absolute Gasteiger partial charge is 0.481 e. The highest BCUT2D eigenvalue weighted by Crippen LogP contribution is 2.25. The fourth-order valence-corrected chi connectivity index (χ4v) is 1.66. The molecule has 0 saturated carbocycles. The maximum absolute atomic E-state index is 11.1. The van der Waals surface area contributed by atoms with Crippen LogP contribution in [0.2, 0.25) is 0 Å². The van der Waals surface area contributed by atoms with Crippen LogP contribution in [-0.4, -0.2) is 25.1 Å². The van der Waals surface area contributed by atoms with Crippen LogP contribution in [0, 0.1) is 6.92 Å². The fourth-order valence-electron chi connectivity index (χ4n) is 1.05. The Labute approximate surface area is 107 Å². The van der Waals surface area contributed by atoms with E-state index in [2.05, 4.69) is 20.7 Å². The Morgan fingerprint density at radius 1 is 1.35 bits per heavy atom. The van der Waals surface area contributed by atoms with Gasteiger partial charge in [0.2, 0.25) is 0 Å². The lowest BCUT2D eigenvalue weighted by Gasteiger charge is -2.08. The lowest BCUT2D eigenvalue weighted by Crippen LogP contribution is -2.23. The second kappa shape index (κ2) is 6.24. The molecule has 0 spiro atoms. The van der Waals surface area contributed by atoms with Gasteiger partial charge in [0, 0.05) is 0 Å². The van der Waals surface area contributed by atoms with E-state index in [0.29, 0.717) is 5.75 Å². The van der Waals surface area contributed by atoms with Crippen LogP contribution in [0.5, 0.6) is 5.75 Å². The first-order valence-corrected chi connectivity index (χ1v) is 5.61. The van der Waals surface area contributed by atoms with Gasteiger partial charge in [0.05, 0.1) is 4.47 Å². The Hall–Kier alpha value is -1.56. The summed E-state index contributed by atoms with van der Waals surface area (Å²) in [6.45, 7) is 1.24. The lowest BCUT2D eigenvalue weighted by molar-refractivity contribution is -0.149. The standard InChI is InChI=1S/C11H12BrNO4/c1-7-2-3-9(8(12)4-7)16-6-11(15)17-5-10(13)14/h2-4H,5-6H2,1H3,(H2,13,14). The van der Waals surface area contributed by atoms with Crippen LogP contribution in [0.4, 0.5) is 0 Å². The molecule has 5 nitrogen and oxygen atoms in total. The molecule has 0 aliphatic rings. The molecule has 0 saturated heterocycles. The predicted octanol–water partition coefficient (Wildman–Crippen LogP) is 1.16. The molecule has 1 amide bonds. The number of esters is 1. The summed E-state index contributed by atoms with van der Waals surface area (Å²) in [5.74, 6) is -0.808. The van der Waals surface area contributed by atoms with E-state index < -0.39 is 18.5 Å². The minimum atomic E-state index is -0.699. The molecule has 6 heteroatoms. The van der Waals surface area contributed by atoms with Gasteiger partial charge in [-0.05, 0) is 40.5 Å². The molecule has 0 atom stereocenters. The third-order valence-corrected chi connectivity index (χ3v) is 2.43. The van der Waals surface area contributed by atoms with Gasteiger partial charge < -0.3 is 15.2 Å². The van der Waals surface area contributed by atoms with E-state index >= 15 is 0 Å². The maximum Gasteiger partial charge on any atom is 0.344 e. The summed E-state index contributed by atoms with van der Waals surface area (Å²) >= 11 is 3.31. The number of carbonyl (C=O) groups is 2. The number of rotatable bonds is 5. The third-order valence-electron chi connectivity index (χ3n) is 1.81. The van der Waals surface area contributed by atoms with Gasteiger partial charge in [0.25, 0.3) is 5.91 Å². The van der Waals surface area contributed by atoms with E-state index in [1.54, 1.807) is 6.07 Å². The predicted molar refractivity (Wildman–Crippen MR) is 64.5 cm³/mol. The number of hydrogen-bond acceptors (Lipinski definition) is 4. The number of hydrogen-bond donors (Lipinski definition) is 1. The molecule has 1 rings (SSSR count). The van der Waals surface area contributed by atoms with Crippen LogP contribution in [0.15, 0.2) is 22.7 Å². The molecule has 0 heterocycles. The quantitative estimate of drug-likeness (QED) is 0.828. The Morgan fingerprint density at radius 3 is 2.65 bits per heavy atom. The van der Waals surface area contributed by atoms with Gasteiger partial charge in [-0.1, -0.05) is 6.07 Å². The summed E-state index contributed by atoms with van der Waals surface area (Å²) in [4.78, 5) is 21.5. The first-order chi connectivity index (χ1) is 7.99. The zero-order valence-corrected chi connectivity index (χ0v) is 10.8. The van der Waals surface area contributed by atoms with Gasteiger partial charge >= 0.3 is 5.97 Å². The van der Waals surface area contributed by atoms with Crippen molar-refractivity contribution in [3.8, 4) is 5.75 Å². The first-order valence-electron chi connectivity index (χ1n) is 4.82. The second-order valence-electron chi connectivity index (χ2n) is 3.35. The number of nitrogens with two attached hydrogens (primary N) is 1. The molecule has 0 aliphatic heterocycles. The molecule has 0 unspecified atom stereocenters. The van der Waals surface area contributed by atoms with E-state index in [1.807, 2.05) is 19.1 Å². The van der Waals surface area contributed by atoms with E-state index in [4.69, 9.17) is 10.5 Å². The molecule has 0 aliphatic carbocycles. The highest BCUT2D eigenvalue weighted by atomic mass is 79.9. The lowest BCUT2D eigenvalue weighted by atomic mass is 10.2. The van der Waals surface area contributed by atoms with Crippen molar-refractivity contribution in [1.82, 2.24) is 0 Å². The van der Waals surface area contributed by atoms with Crippen molar-refractivity contribution in [3.63, 3.8) is 0 Å². The molecule has 2 N–H and O–H groups in total. The number of benzene rings is 1. The maximum atomic E-state index is 11.1. The van der Waals surface area contributed by atoms with Crippen molar-refractivity contribution in [3.05, 3.63) is 28.2 Å². The minimum Gasteiger partial charge on any atom is -0.481 e. The summed E-state index contributed by atoms with van der Waals surface area (Å²) < 4.78 is 10.5. The van der Waals surface area contributed by atoms with Crippen molar-refractivity contribution < 1.29 is 19.1 Å². The fraction of sp³-hybridized carbons (Fsp3) is 0.273. The monoisotopic (exact) mass is 301 g/mol. The van der Waals surface area contributed by atoms with E-state index in [1.165, 1.54) is 0 Å². The Kier molecular flexibility index (Phi) is 4.96. The summed E-state index contributed by atoms with van der Waals surface area (Å²) in [5.41, 5.74) is 5.89. The smallest absolute Gasteiger partial charge is 0.344 e. The van der Waals surface area contributed by atoms with Crippen molar-refractivity contribution in [2.45, 2.75) is 6.92 Å². The zero-order valence-electron chi connectivity index (χ0n) is 9.23. The van der Waals surface area contributed by atoms with Crippen molar-refractivity contribution in [2.75, 3.05) is 13.2 Å². The zero-order chi connectivity index (χ0) is 12.8. The van der Waals surface area contributed by atoms with Gasteiger partial charge in [-0.3, -0.25) is 4.79 Å². The summed E-state index contributed by atoms with van der Waals surface area (Å²) in [5, 5.41) is 0. The number of ether oxygens (including phenoxy) is 2. The molecular weight excluding hydrogens is 290 g/mol. The van der Waals surface area contributed by atoms with Crippen LogP contribution < -0.4 is 10.5 Å². The van der Waals surface area contributed by atoms with Crippen LogP contribution in [0.3, 0.4) is 0 Å². The normalized spacial score (nSPS) is 9.76. The second-order valence-corrected chi connectivity index (χ2v) is 4.20. The van der Waals surface area contributed by atoms with Crippen LogP contribution in [0.25, 0.3) is 0 Å². The average Bonchev–Trinajstić information content (AvgIpc) is 2.25. The molecule has 1 aromatic rings. The van der Waals surface area contributed by atoms with Crippen LogP contribution in [-0.2, 0) is 14.3 Å². The van der Waals surface area contributed by atoms with Crippen molar-refractivity contribution in [2.24, 2.45) is 5.73 Å². The number of carbonyl (C=O) groups excluding carboxylic acids is 2. The molecule has 0 radical (unpaired) electrons. The third kappa shape index (κ3) is 4.86. The molecule has 92 valence electrons. The number of halogens is 1. The molecule has 17 heavy (non-hydrogen) atoms. The first kappa shape index (κ1) is 13.5. The van der Waals surface area contributed by atoms with E-state index in [-0.39, 0.29) is 6.61 Å². The number of aryl methyl sites for hydroxylation is 1. The molecule has 0 aromatic heterocycles. The van der Waals surface area contributed by atoms with Gasteiger partial charge in [-0.25, -0.2) is 4.79 Å². The Morgan fingerprint density at radius 2 is 2.06 bits per heavy atom. The summed E-state index contributed by atoms with van der Waals surface area (Å²) in [6, 6.07) is 5.46. The molecular formula is C11H12BrNO4. The van der Waals surface area contributed by atoms with E-state index in [0.717, 1.165) is 10.0 Å². The number of amides is 1. The van der Waals surface area contributed by atoms with E-state index in [9.17, 15) is 9.59 Å². The molecule has 0 fully saturated rings. The van der Waals surface area contributed by atoms with Crippen LogP contribution >= 0.6 is 15.9 Å². The van der Waals surface area contributed by atoms with Crippen molar-refractivity contribution >= 4 is 27.8 Å². The van der Waals surface area contributed by atoms with Gasteiger partial charge in [0.1, 0.15) is 5.75 Å². The SMILES string of the molecule is Cc1ccc(OCC(=O)OCC(N)=O)c(Br)c1. The highest BCUT2D eigenvalue weighted by Gasteiger charge is 2.08. The van der Waals surface area contributed by atoms with Gasteiger partial charge in [-0.15, -0.1) is 0 Å². The van der Waals surface area contributed by atoms with Gasteiger partial charge in [-0.2, -0.15) is 0 Å². The highest BCUT2D eigenvalue weighted by molar-refractivity contribution is 9.10. The minimum absolute atomic E-state index is 0.269. The Balaban J connectivity index is 2.44. The molecule has 1 aromatic carbocycles. The topological polar surface area (TPSA) is 78.6 Å². The average molecular weight is 302 g/mol. The van der Waals surface area contributed by atoms with Gasteiger partial charge in [0.15, 0.2) is 13.2 Å². The number of primary amides is 1.